The zero-order valence-corrected chi connectivity index (χ0v) is 13.5. The molecule has 2 heterocycles. The molecule has 0 spiro atoms. The number of nitrogens with one attached hydrogen (secondary N) is 2. The Balaban J connectivity index is 1.94. The van der Waals surface area contributed by atoms with Gasteiger partial charge in [0.2, 0.25) is 0 Å². The van der Waals surface area contributed by atoms with Crippen LogP contribution in [0.4, 0.5) is 4.79 Å². The zero-order valence-electron chi connectivity index (χ0n) is 12.0. The second-order valence-electron chi connectivity index (χ2n) is 4.84. The number of carbonyl (C=O) groups excluding carboxylic acids is 3. The van der Waals surface area contributed by atoms with Gasteiger partial charge in [-0.3, -0.25) is 25.0 Å². The van der Waals surface area contributed by atoms with E-state index in [1.807, 2.05) is 10.6 Å². The van der Waals surface area contributed by atoms with E-state index in [1.165, 1.54) is 24.5 Å². The SMILES string of the molecule is O=C1NC(=O)C(=C/C=C/c2coc3ccc(Br)cc3c2=O)C(=O)N1. The van der Waals surface area contributed by atoms with Crippen LogP contribution in [0.3, 0.4) is 0 Å². The molecule has 2 aromatic rings. The van der Waals surface area contributed by atoms with E-state index >= 15 is 0 Å². The number of imide groups is 2. The van der Waals surface area contributed by atoms with E-state index in [1.54, 1.807) is 18.2 Å². The van der Waals surface area contributed by atoms with Crippen molar-refractivity contribution in [2.24, 2.45) is 0 Å². The molecule has 0 unspecified atom stereocenters. The van der Waals surface area contributed by atoms with Gasteiger partial charge in [-0.05, 0) is 30.4 Å². The van der Waals surface area contributed by atoms with Crippen LogP contribution in [-0.2, 0) is 9.59 Å². The number of rotatable bonds is 2. The van der Waals surface area contributed by atoms with Gasteiger partial charge in [-0.2, -0.15) is 0 Å². The number of halogens is 1. The quantitative estimate of drug-likeness (QED) is 0.603. The van der Waals surface area contributed by atoms with Crippen LogP contribution in [0.1, 0.15) is 5.56 Å². The number of allylic oxidation sites excluding steroid dienone is 2. The molecule has 8 heteroatoms. The van der Waals surface area contributed by atoms with E-state index in [2.05, 4.69) is 15.9 Å². The van der Waals surface area contributed by atoms with Crippen LogP contribution in [0, 0.1) is 0 Å². The Morgan fingerprint density at radius 3 is 2.46 bits per heavy atom. The lowest BCUT2D eigenvalue weighted by Crippen LogP contribution is -2.51. The molecular formula is C16H9BrN2O5. The molecule has 0 aliphatic carbocycles. The molecule has 7 nitrogen and oxygen atoms in total. The standard InChI is InChI=1S/C16H9BrN2O5/c17-9-4-5-12-11(6-9)13(20)8(7-24-12)2-1-3-10-14(21)18-16(23)19-15(10)22/h1-7H,(H2,18,19,21,22,23)/b2-1+. The molecule has 1 aliphatic rings. The molecule has 1 aliphatic heterocycles. The first kappa shape index (κ1) is 15.9. The van der Waals surface area contributed by atoms with Crippen molar-refractivity contribution in [1.29, 1.82) is 0 Å². The maximum Gasteiger partial charge on any atom is 0.328 e. The third-order valence-electron chi connectivity index (χ3n) is 3.24. The Labute approximate surface area is 143 Å². The molecule has 1 fully saturated rings. The van der Waals surface area contributed by atoms with Crippen molar-refractivity contribution in [3.63, 3.8) is 0 Å². The van der Waals surface area contributed by atoms with Crippen LogP contribution in [0.25, 0.3) is 17.0 Å². The predicted octanol–water partition coefficient (Wildman–Crippen LogP) is 1.86. The molecule has 0 atom stereocenters. The molecule has 0 saturated carbocycles. The van der Waals surface area contributed by atoms with Gasteiger partial charge in [0.1, 0.15) is 17.4 Å². The highest BCUT2D eigenvalue weighted by Crippen LogP contribution is 2.18. The van der Waals surface area contributed by atoms with Gasteiger partial charge in [0.05, 0.1) is 10.9 Å². The molecule has 2 N–H and O–H groups in total. The van der Waals surface area contributed by atoms with Gasteiger partial charge >= 0.3 is 6.03 Å². The van der Waals surface area contributed by atoms with Gasteiger partial charge < -0.3 is 4.42 Å². The van der Waals surface area contributed by atoms with Crippen LogP contribution in [0.5, 0.6) is 0 Å². The number of carbonyl (C=O) groups is 3. The average Bonchev–Trinajstić information content (AvgIpc) is 2.52. The molecular weight excluding hydrogens is 380 g/mol. The summed E-state index contributed by atoms with van der Waals surface area (Å²) >= 11 is 3.29. The monoisotopic (exact) mass is 388 g/mol. The van der Waals surface area contributed by atoms with Gasteiger partial charge in [-0.15, -0.1) is 0 Å². The summed E-state index contributed by atoms with van der Waals surface area (Å²) in [5.41, 5.74) is 0.215. The van der Waals surface area contributed by atoms with Crippen LogP contribution < -0.4 is 16.1 Å². The topological polar surface area (TPSA) is 105 Å². The van der Waals surface area contributed by atoms with Gasteiger partial charge in [0, 0.05) is 4.47 Å². The van der Waals surface area contributed by atoms with E-state index in [0.29, 0.717) is 11.0 Å². The van der Waals surface area contributed by atoms with Gasteiger partial charge in [-0.1, -0.05) is 22.0 Å². The smallest absolute Gasteiger partial charge is 0.328 e. The Kier molecular flexibility index (Phi) is 4.13. The number of hydrogen-bond acceptors (Lipinski definition) is 5. The highest BCUT2D eigenvalue weighted by Gasteiger charge is 2.26. The fourth-order valence-electron chi connectivity index (χ4n) is 2.11. The normalized spacial score (nSPS) is 14.9. The van der Waals surface area contributed by atoms with E-state index < -0.39 is 17.8 Å². The highest BCUT2D eigenvalue weighted by atomic mass is 79.9. The lowest BCUT2D eigenvalue weighted by Gasteiger charge is -2.12. The van der Waals surface area contributed by atoms with Crippen molar-refractivity contribution < 1.29 is 18.8 Å². The lowest BCUT2D eigenvalue weighted by atomic mass is 10.1. The number of barbiturate groups is 1. The first-order valence-electron chi connectivity index (χ1n) is 6.72. The molecule has 0 radical (unpaired) electrons. The maximum atomic E-state index is 12.4. The summed E-state index contributed by atoms with van der Waals surface area (Å²) < 4.78 is 6.12. The first-order valence-corrected chi connectivity index (χ1v) is 7.51. The zero-order chi connectivity index (χ0) is 17.3. The summed E-state index contributed by atoms with van der Waals surface area (Å²) in [5.74, 6) is -1.61. The number of hydrogen-bond donors (Lipinski definition) is 2. The second kappa shape index (κ2) is 6.25. The fourth-order valence-corrected chi connectivity index (χ4v) is 2.47. The summed E-state index contributed by atoms with van der Waals surface area (Å²) in [6.45, 7) is 0. The number of benzene rings is 1. The van der Waals surface area contributed by atoms with Gasteiger partial charge in [0.15, 0.2) is 5.43 Å². The Morgan fingerprint density at radius 2 is 1.75 bits per heavy atom. The van der Waals surface area contributed by atoms with Crippen LogP contribution in [0.15, 0.2) is 55.9 Å². The third kappa shape index (κ3) is 3.04. The van der Waals surface area contributed by atoms with Crippen molar-refractivity contribution in [2.45, 2.75) is 0 Å². The Hall–Kier alpha value is -3.00. The van der Waals surface area contributed by atoms with E-state index in [-0.39, 0.29) is 16.6 Å². The van der Waals surface area contributed by atoms with E-state index in [9.17, 15) is 19.2 Å². The molecule has 3 rings (SSSR count). The Bertz CT molecular complexity index is 981. The molecule has 1 aromatic heterocycles. The molecule has 1 saturated heterocycles. The summed E-state index contributed by atoms with van der Waals surface area (Å²) in [5, 5.41) is 4.31. The van der Waals surface area contributed by atoms with E-state index in [0.717, 1.165) is 4.47 Å². The van der Waals surface area contributed by atoms with Crippen LogP contribution in [-0.4, -0.2) is 17.8 Å². The van der Waals surface area contributed by atoms with Crippen LogP contribution in [0.2, 0.25) is 0 Å². The fraction of sp³-hybridized carbons (Fsp3) is 0. The Morgan fingerprint density at radius 1 is 1.04 bits per heavy atom. The van der Waals surface area contributed by atoms with Gasteiger partial charge in [0.25, 0.3) is 11.8 Å². The van der Waals surface area contributed by atoms with E-state index in [4.69, 9.17) is 4.42 Å². The predicted molar refractivity (Wildman–Crippen MR) is 89.0 cm³/mol. The van der Waals surface area contributed by atoms with Crippen LogP contribution >= 0.6 is 15.9 Å². The molecule has 120 valence electrons. The minimum absolute atomic E-state index is 0.237. The molecule has 24 heavy (non-hydrogen) atoms. The van der Waals surface area contributed by atoms with Crippen molar-refractivity contribution in [3.8, 4) is 0 Å². The maximum absolute atomic E-state index is 12.4. The highest BCUT2D eigenvalue weighted by molar-refractivity contribution is 9.10. The minimum Gasteiger partial charge on any atom is -0.463 e. The molecule has 0 bridgehead atoms. The molecule has 4 amide bonds. The third-order valence-corrected chi connectivity index (χ3v) is 3.74. The molecule has 1 aromatic carbocycles. The minimum atomic E-state index is -0.869. The lowest BCUT2D eigenvalue weighted by molar-refractivity contribution is -0.124. The number of urea groups is 1. The van der Waals surface area contributed by atoms with Gasteiger partial charge in [-0.25, -0.2) is 4.79 Å². The number of amides is 4. The summed E-state index contributed by atoms with van der Waals surface area (Å²) in [7, 11) is 0. The van der Waals surface area contributed by atoms with Crippen molar-refractivity contribution in [3.05, 3.63) is 62.4 Å². The average molecular weight is 389 g/mol. The first-order chi connectivity index (χ1) is 11.5. The van der Waals surface area contributed by atoms with Crippen molar-refractivity contribution in [2.75, 3.05) is 0 Å². The van der Waals surface area contributed by atoms with Crippen molar-refractivity contribution in [1.82, 2.24) is 10.6 Å². The largest absolute Gasteiger partial charge is 0.463 e. The van der Waals surface area contributed by atoms with Crippen molar-refractivity contribution >= 4 is 50.8 Å². The second-order valence-corrected chi connectivity index (χ2v) is 5.75. The summed E-state index contributed by atoms with van der Waals surface area (Å²) in [6.07, 6.45) is 5.27. The summed E-state index contributed by atoms with van der Waals surface area (Å²) in [6, 6.07) is 4.20. The number of fused-ring (bicyclic) bond motifs is 1. The summed E-state index contributed by atoms with van der Waals surface area (Å²) in [4.78, 5) is 46.4.